The normalized spacial score (nSPS) is 15.7. The van der Waals surface area contributed by atoms with Gasteiger partial charge in [0.05, 0.1) is 11.4 Å². The number of hydrogen-bond acceptors (Lipinski definition) is 4. The van der Waals surface area contributed by atoms with E-state index in [1.165, 1.54) is 18.2 Å². The van der Waals surface area contributed by atoms with E-state index < -0.39 is 0 Å². The van der Waals surface area contributed by atoms with Gasteiger partial charge in [-0.3, -0.25) is 9.78 Å². The van der Waals surface area contributed by atoms with Crippen molar-refractivity contribution in [3.8, 4) is 11.1 Å². The Labute approximate surface area is 214 Å². The van der Waals surface area contributed by atoms with Gasteiger partial charge in [0.2, 0.25) is 0 Å². The third-order valence-electron chi connectivity index (χ3n) is 6.64. The van der Waals surface area contributed by atoms with E-state index in [1.54, 1.807) is 36.5 Å². The second kappa shape index (κ2) is 10.4. The molecule has 4 nitrogen and oxygen atoms in total. The number of aromatic nitrogens is 1. The lowest BCUT2D eigenvalue weighted by Gasteiger charge is -2.14. The molecule has 2 atom stereocenters. The average molecular weight is 497 g/mol. The van der Waals surface area contributed by atoms with E-state index in [1.807, 2.05) is 44.2 Å². The first-order valence-electron chi connectivity index (χ1n) is 12.2. The van der Waals surface area contributed by atoms with Crippen molar-refractivity contribution in [1.29, 1.82) is 0 Å². The molecule has 1 aromatic heterocycles. The fourth-order valence-electron chi connectivity index (χ4n) is 4.54. The number of rotatable bonds is 7. The van der Waals surface area contributed by atoms with Gasteiger partial charge in [-0.1, -0.05) is 42.4 Å². The molecule has 0 saturated carbocycles. The number of aryl methyl sites for hydroxylation is 1. The molecule has 0 spiro atoms. The van der Waals surface area contributed by atoms with Gasteiger partial charge in [-0.05, 0) is 78.1 Å². The van der Waals surface area contributed by atoms with E-state index in [9.17, 15) is 13.6 Å². The Morgan fingerprint density at radius 3 is 2.51 bits per heavy atom. The number of ketones is 1. The van der Waals surface area contributed by atoms with Gasteiger partial charge in [0.1, 0.15) is 11.6 Å². The van der Waals surface area contributed by atoms with Gasteiger partial charge in [0.25, 0.3) is 0 Å². The van der Waals surface area contributed by atoms with Crippen molar-refractivity contribution in [3.63, 3.8) is 0 Å². The Morgan fingerprint density at radius 2 is 1.78 bits per heavy atom. The van der Waals surface area contributed by atoms with Gasteiger partial charge in [-0.25, -0.2) is 8.78 Å². The zero-order chi connectivity index (χ0) is 25.9. The number of carbonyl (C=O) groups is 1. The molecule has 6 heteroatoms. The molecule has 0 saturated heterocycles. The van der Waals surface area contributed by atoms with Crippen LogP contribution in [0, 0.1) is 18.6 Å². The predicted octanol–water partition coefficient (Wildman–Crippen LogP) is 7.58. The van der Waals surface area contributed by atoms with E-state index in [0.29, 0.717) is 34.4 Å². The van der Waals surface area contributed by atoms with Crippen LogP contribution in [0.15, 0.2) is 90.2 Å². The van der Waals surface area contributed by atoms with Crippen LogP contribution in [0.25, 0.3) is 11.1 Å². The molecular weight excluding hydrogens is 470 g/mol. The molecule has 2 heterocycles. The Hall–Kier alpha value is -4.19. The van der Waals surface area contributed by atoms with Crippen molar-refractivity contribution in [1.82, 2.24) is 4.98 Å². The van der Waals surface area contributed by atoms with E-state index in [-0.39, 0.29) is 35.9 Å². The van der Waals surface area contributed by atoms with Crippen molar-refractivity contribution in [3.05, 3.63) is 125 Å². The van der Waals surface area contributed by atoms with Gasteiger partial charge in [0, 0.05) is 35.7 Å². The molecule has 4 aromatic rings. The van der Waals surface area contributed by atoms with Gasteiger partial charge >= 0.3 is 0 Å². The quantitative estimate of drug-likeness (QED) is 0.248. The summed E-state index contributed by atoms with van der Waals surface area (Å²) in [4.78, 5) is 23.4. The monoisotopic (exact) mass is 496 g/mol. The second-order valence-electron chi connectivity index (χ2n) is 9.45. The number of Topliss-reactive ketones (excluding diaryl/α,β-unsaturated/α-hetero) is 1. The number of benzene rings is 3. The smallest absolute Gasteiger partial charge is 0.174 e. The van der Waals surface area contributed by atoms with Gasteiger partial charge in [-0.15, -0.1) is 0 Å². The van der Waals surface area contributed by atoms with E-state index >= 15 is 0 Å². The first kappa shape index (κ1) is 24.5. The largest absolute Gasteiger partial charge is 0.385 e. The molecule has 186 valence electrons. The predicted molar refractivity (Wildman–Crippen MR) is 140 cm³/mol. The Kier molecular flexibility index (Phi) is 6.91. The molecule has 5 rings (SSSR count). The highest BCUT2D eigenvalue weighted by Crippen LogP contribution is 2.32. The average Bonchev–Trinajstić information content (AvgIpc) is 3.40. The third kappa shape index (κ3) is 5.48. The summed E-state index contributed by atoms with van der Waals surface area (Å²) in [5.74, 6) is -0.875. The summed E-state index contributed by atoms with van der Waals surface area (Å²) in [7, 11) is 0. The fourth-order valence-corrected chi connectivity index (χ4v) is 4.54. The Morgan fingerprint density at radius 1 is 1.00 bits per heavy atom. The third-order valence-corrected chi connectivity index (χ3v) is 6.64. The molecule has 0 bridgehead atoms. The van der Waals surface area contributed by atoms with E-state index in [0.717, 1.165) is 16.8 Å². The lowest BCUT2D eigenvalue weighted by Crippen LogP contribution is -2.08. The molecule has 1 aliphatic rings. The maximum atomic E-state index is 14.9. The Bertz CT molecular complexity index is 1470. The molecule has 1 unspecified atom stereocenters. The summed E-state index contributed by atoms with van der Waals surface area (Å²) in [5.41, 5.74) is 5.30. The molecule has 0 radical (unpaired) electrons. The molecule has 0 aliphatic carbocycles. The minimum atomic E-state index is -0.355. The number of halogens is 2. The second-order valence-corrected chi connectivity index (χ2v) is 9.45. The first-order valence-corrected chi connectivity index (χ1v) is 12.2. The van der Waals surface area contributed by atoms with Gasteiger partial charge in [-0.2, -0.15) is 0 Å². The lowest BCUT2D eigenvalue weighted by atomic mass is 9.89. The SMILES string of the molecule is Cc1ccc(-c2cc(C(=O)C[C@H](C)c3ccc(F)cc3)cc(C3=NOC(c4ccccn4)C3)c2)c(F)c1. The highest BCUT2D eigenvalue weighted by molar-refractivity contribution is 6.06. The van der Waals surface area contributed by atoms with Crippen molar-refractivity contribution in [2.75, 3.05) is 0 Å². The number of oxime groups is 1. The number of hydrogen-bond donors (Lipinski definition) is 0. The molecule has 37 heavy (non-hydrogen) atoms. The fraction of sp³-hybridized carbons (Fsp3) is 0.194. The summed E-state index contributed by atoms with van der Waals surface area (Å²) in [6, 6.07) is 22.2. The van der Waals surface area contributed by atoms with Gasteiger partial charge in [0.15, 0.2) is 11.9 Å². The summed E-state index contributed by atoms with van der Waals surface area (Å²) < 4.78 is 28.3. The van der Waals surface area contributed by atoms with Crippen LogP contribution in [0.3, 0.4) is 0 Å². The molecule has 3 aromatic carbocycles. The highest BCUT2D eigenvalue weighted by Gasteiger charge is 2.26. The number of carbonyl (C=O) groups excluding carboxylic acids is 1. The van der Waals surface area contributed by atoms with Gasteiger partial charge < -0.3 is 4.84 Å². The number of nitrogens with zero attached hydrogens (tertiary/aromatic N) is 2. The summed E-state index contributed by atoms with van der Waals surface area (Å²) in [6.45, 7) is 3.76. The lowest BCUT2D eigenvalue weighted by molar-refractivity contribution is 0.0826. The molecule has 0 N–H and O–H groups in total. The maximum Gasteiger partial charge on any atom is 0.174 e. The molecule has 0 fully saturated rings. The standard InChI is InChI=1S/C31H26F2N2O2/c1-19-6-11-26(27(33)13-19)22-15-23(29-18-31(37-35-29)28-5-3-4-12-34-28)17-24(16-22)30(36)14-20(2)21-7-9-25(32)10-8-21/h3-13,15-17,20,31H,14,18H2,1-2H3/t20-,31?/m0/s1. The van der Waals surface area contributed by atoms with Crippen LogP contribution < -0.4 is 0 Å². The van der Waals surface area contributed by atoms with Crippen LogP contribution in [0.1, 0.15) is 64.5 Å². The molecule has 1 aliphatic heterocycles. The van der Waals surface area contributed by atoms with E-state index in [2.05, 4.69) is 10.1 Å². The zero-order valence-corrected chi connectivity index (χ0v) is 20.6. The van der Waals surface area contributed by atoms with Crippen molar-refractivity contribution < 1.29 is 18.4 Å². The summed E-state index contributed by atoms with van der Waals surface area (Å²) >= 11 is 0. The Balaban J connectivity index is 1.48. The van der Waals surface area contributed by atoms with E-state index in [4.69, 9.17) is 4.84 Å². The van der Waals surface area contributed by atoms with Crippen molar-refractivity contribution in [2.45, 2.75) is 38.7 Å². The van der Waals surface area contributed by atoms with Crippen LogP contribution in [0.2, 0.25) is 0 Å². The minimum absolute atomic E-state index is 0.0896. The summed E-state index contributed by atoms with van der Waals surface area (Å²) in [5, 5.41) is 4.29. The number of pyridine rings is 1. The maximum absolute atomic E-state index is 14.9. The van der Waals surface area contributed by atoms with Crippen LogP contribution in [0.4, 0.5) is 8.78 Å². The zero-order valence-electron chi connectivity index (χ0n) is 20.6. The minimum Gasteiger partial charge on any atom is -0.385 e. The highest BCUT2D eigenvalue weighted by atomic mass is 19.1. The van der Waals surface area contributed by atoms with Crippen LogP contribution in [-0.4, -0.2) is 16.5 Å². The first-order chi connectivity index (χ1) is 17.9. The topological polar surface area (TPSA) is 51.5 Å². The van der Waals surface area contributed by atoms with Crippen LogP contribution in [-0.2, 0) is 4.84 Å². The molecule has 0 amide bonds. The van der Waals surface area contributed by atoms with Crippen molar-refractivity contribution in [2.24, 2.45) is 5.16 Å². The van der Waals surface area contributed by atoms with Crippen molar-refractivity contribution >= 4 is 11.5 Å². The molecular formula is C31H26F2N2O2. The van der Waals surface area contributed by atoms with Crippen LogP contribution >= 0.6 is 0 Å². The van der Waals surface area contributed by atoms with Crippen LogP contribution in [0.5, 0.6) is 0 Å². The summed E-state index contributed by atoms with van der Waals surface area (Å²) in [6.07, 6.45) is 2.09.